The van der Waals surface area contributed by atoms with Crippen molar-refractivity contribution in [1.82, 2.24) is 19.3 Å². The van der Waals surface area contributed by atoms with E-state index in [1.165, 1.54) is 12.1 Å². The summed E-state index contributed by atoms with van der Waals surface area (Å²) in [5.41, 5.74) is 0. The molecule has 2 atom stereocenters. The molecule has 0 unspecified atom stereocenters. The lowest BCUT2D eigenvalue weighted by molar-refractivity contribution is 0.174. The summed E-state index contributed by atoms with van der Waals surface area (Å²) in [6.07, 6.45) is 6.22. The molecule has 140 valence electrons. The molecular formula is C17H21FN4O3S. The quantitative estimate of drug-likeness (QED) is 0.796. The average Bonchev–Trinajstić information content (AvgIpc) is 3.24. The molecule has 0 saturated carbocycles. The molecule has 2 fully saturated rings. The minimum atomic E-state index is -3.76. The van der Waals surface area contributed by atoms with Crippen LogP contribution in [0.15, 0.2) is 35.5 Å². The fourth-order valence-electron chi connectivity index (χ4n) is 4.14. The van der Waals surface area contributed by atoms with Gasteiger partial charge in [-0.2, -0.15) is 19.3 Å². The lowest BCUT2D eigenvalue weighted by atomic mass is 10.0. The van der Waals surface area contributed by atoms with Gasteiger partial charge in [-0.05, 0) is 50.8 Å². The zero-order valence-corrected chi connectivity index (χ0v) is 15.3. The normalized spacial score (nSPS) is 26.2. The molecule has 0 radical (unpaired) electrons. The van der Waals surface area contributed by atoms with Crippen LogP contribution in [0.2, 0.25) is 0 Å². The van der Waals surface area contributed by atoms with E-state index in [4.69, 9.17) is 4.74 Å². The van der Waals surface area contributed by atoms with E-state index in [1.807, 2.05) is 0 Å². The summed E-state index contributed by atoms with van der Waals surface area (Å²) in [4.78, 5) is 1.65. The topological polar surface area (TPSA) is 77.3 Å². The smallest absolute Gasteiger partial charge is 0.243 e. The van der Waals surface area contributed by atoms with Crippen LogP contribution in [0, 0.1) is 5.82 Å². The van der Waals surface area contributed by atoms with Crippen LogP contribution in [0.4, 0.5) is 4.39 Å². The predicted octanol–water partition coefficient (Wildman–Crippen LogP) is 2.37. The summed E-state index contributed by atoms with van der Waals surface area (Å²) in [7, 11) is -3.76. The first-order valence-electron chi connectivity index (χ1n) is 8.82. The maximum Gasteiger partial charge on any atom is 0.243 e. The Balaban J connectivity index is 1.60. The van der Waals surface area contributed by atoms with Gasteiger partial charge >= 0.3 is 0 Å². The number of ether oxygens (including phenoxy) is 1. The number of nitrogens with zero attached hydrogens (tertiary/aromatic N) is 4. The third kappa shape index (κ3) is 2.88. The SMILES string of the molecule is CCOc1ccc(S(=O)(=O)N2[C@H]3CC[C@H]2CC(n2nccn2)C3)cc1F. The Bertz CT molecular complexity index is 873. The lowest BCUT2D eigenvalue weighted by Crippen LogP contribution is -2.47. The molecule has 26 heavy (non-hydrogen) atoms. The van der Waals surface area contributed by atoms with Crippen LogP contribution in [0.3, 0.4) is 0 Å². The van der Waals surface area contributed by atoms with Gasteiger partial charge in [-0.25, -0.2) is 12.8 Å². The number of rotatable bonds is 5. The second-order valence-electron chi connectivity index (χ2n) is 6.72. The van der Waals surface area contributed by atoms with Crippen molar-refractivity contribution in [3.63, 3.8) is 0 Å². The molecule has 0 amide bonds. The van der Waals surface area contributed by atoms with Crippen LogP contribution in [-0.2, 0) is 10.0 Å². The van der Waals surface area contributed by atoms with E-state index < -0.39 is 15.8 Å². The van der Waals surface area contributed by atoms with E-state index in [1.54, 1.807) is 28.4 Å². The number of aromatic nitrogens is 3. The average molecular weight is 380 g/mol. The monoisotopic (exact) mass is 380 g/mol. The molecule has 2 aliphatic rings. The molecule has 9 heteroatoms. The summed E-state index contributed by atoms with van der Waals surface area (Å²) in [5, 5.41) is 8.39. The van der Waals surface area contributed by atoms with Gasteiger partial charge in [0.1, 0.15) is 0 Å². The van der Waals surface area contributed by atoms with Crippen molar-refractivity contribution < 1.29 is 17.5 Å². The van der Waals surface area contributed by atoms with Crippen LogP contribution in [0.25, 0.3) is 0 Å². The molecule has 2 aliphatic heterocycles. The van der Waals surface area contributed by atoms with E-state index >= 15 is 0 Å². The summed E-state index contributed by atoms with van der Waals surface area (Å²) >= 11 is 0. The van der Waals surface area contributed by atoms with Gasteiger partial charge in [-0.3, -0.25) is 0 Å². The summed E-state index contributed by atoms with van der Waals surface area (Å²) in [6, 6.07) is 3.75. The number of fused-ring (bicyclic) bond motifs is 2. The Morgan fingerprint density at radius 1 is 1.15 bits per heavy atom. The molecule has 0 N–H and O–H groups in total. The van der Waals surface area contributed by atoms with Gasteiger partial charge in [0.25, 0.3) is 0 Å². The number of piperidine rings is 1. The van der Waals surface area contributed by atoms with E-state index in [9.17, 15) is 12.8 Å². The van der Waals surface area contributed by atoms with Crippen molar-refractivity contribution in [1.29, 1.82) is 0 Å². The van der Waals surface area contributed by atoms with Crippen molar-refractivity contribution >= 4 is 10.0 Å². The molecule has 1 aromatic carbocycles. The molecule has 3 heterocycles. The maximum atomic E-state index is 14.2. The second-order valence-corrected chi connectivity index (χ2v) is 8.56. The predicted molar refractivity (Wildman–Crippen MR) is 91.7 cm³/mol. The van der Waals surface area contributed by atoms with Gasteiger partial charge < -0.3 is 4.74 Å². The fourth-order valence-corrected chi connectivity index (χ4v) is 6.04. The Kier molecular flexibility index (Phi) is 4.44. The minimum Gasteiger partial charge on any atom is -0.491 e. The van der Waals surface area contributed by atoms with Crippen molar-refractivity contribution in [3.8, 4) is 5.75 Å². The highest BCUT2D eigenvalue weighted by atomic mass is 32.2. The van der Waals surface area contributed by atoms with Crippen molar-refractivity contribution in [2.45, 2.75) is 55.6 Å². The first-order chi connectivity index (χ1) is 12.5. The first-order valence-corrected chi connectivity index (χ1v) is 10.3. The van der Waals surface area contributed by atoms with Gasteiger partial charge in [-0.15, -0.1) is 0 Å². The van der Waals surface area contributed by atoms with Gasteiger partial charge in [0.2, 0.25) is 10.0 Å². The number of hydrogen-bond acceptors (Lipinski definition) is 5. The van der Waals surface area contributed by atoms with E-state index in [0.29, 0.717) is 19.4 Å². The maximum absolute atomic E-state index is 14.2. The lowest BCUT2D eigenvalue weighted by Gasteiger charge is -2.37. The molecule has 0 aliphatic carbocycles. The van der Waals surface area contributed by atoms with E-state index in [2.05, 4.69) is 10.2 Å². The Hall–Kier alpha value is -2.00. The fraction of sp³-hybridized carbons (Fsp3) is 0.529. The van der Waals surface area contributed by atoms with E-state index in [0.717, 1.165) is 18.9 Å². The number of halogens is 1. The first kappa shape index (κ1) is 17.4. The van der Waals surface area contributed by atoms with Gasteiger partial charge in [0.15, 0.2) is 11.6 Å². The number of benzene rings is 1. The van der Waals surface area contributed by atoms with Gasteiger partial charge in [0.05, 0.1) is 29.9 Å². The third-order valence-electron chi connectivity index (χ3n) is 5.18. The zero-order valence-electron chi connectivity index (χ0n) is 14.5. The second kappa shape index (κ2) is 6.62. The number of sulfonamides is 1. The Morgan fingerprint density at radius 3 is 2.38 bits per heavy atom. The molecule has 2 bridgehead atoms. The van der Waals surface area contributed by atoms with Crippen LogP contribution >= 0.6 is 0 Å². The van der Waals surface area contributed by atoms with Crippen molar-refractivity contribution in [3.05, 3.63) is 36.4 Å². The highest BCUT2D eigenvalue weighted by molar-refractivity contribution is 7.89. The largest absolute Gasteiger partial charge is 0.491 e. The molecule has 0 spiro atoms. The molecule has 2 aromatic rings. The van der Waals surface area contributed by atoms with Crippen molar-refractivity contribution in [2.24, 2.45) is 0 Å². The summed E-state index contributed by atoms with van der Waals surface area (Å²) in [6.45, 7) is 2.07. The van der Waals surface area contributed by atoms with Gasteiger partial charge in [0, 0.05) is 12.1 Å². The molecule has 4 rings (SSSR count). The summed E-state index contributed by atoms with van der Waals surface area (Å²) < 4.78 is 47.2. The van der Waals surface area contributed by atoms with Crippen LogP contribution < -0.4 is 4.74 Å². The minimum absolute atomic E-state index is 0.0222. The van der Waals surface area contributed by atoms with Gasteiger partial charge in [-0.1, -0.05) is 0 Å². The molecule has 2 saturated heterocycles. The zero-order chi connectivity index (χ0) is 18.3. The molecular weight excluding hydrogens is 359 g/mol. The van der Waals surface area contributed by atoms with Crippen molar-refractivity contribution in [2.75, 3.05) is 6.61 Å². The molecule has 1 aromatic heterocycles. The van der Waals surface area contributed by atoms with Crippen LogP contribution in [0.1, 0.15) is 38.6 Å². The highest BCUT2D eigenvalue weighted by Crippen LogP contribution is 2.43. The number of hydrogen-bond donors (Lipinski definition) is 0. The summed E-state index contributed by atoms with van der Waals surface area (Å²) in [5.74, 6) is -0.589. The third-order valence-corrected chi connectivity index (χ3v) is 7.18. The molecule has 7 nitrogen and oxygen atoms in total. The Morgan fingerprint density at radius 2 is 1.81 bits per heavy atom. The van der Waals surface area contributed by atoms with Crippen LogP contribution in [0.5, 0.6) is 5.75 Å². The highest BCUT2D eigenvalue weighted by Gasteiger charge is 2.48. The van der Waals surface area contributed by atoms with E-state index in [-0.39, 0.29) is 28.8 Å². The Labute approximate surface area is 151 Å². The van der Waals surface area contributed by atoms with Crippen LogP contribution in [-0.4, -0.2) is 46.4 Å². The standard InChI is InChI=1S/C17H21FN4O3S/c1-2-25-17-6-5-15(11-16(17)18)26(23,24)21-12-3-4-13(21)10-14(9-12)22-19-7-8-20-22/h5-8,11-14H,2-4,9-10H2,1H3/t12-,13-/m0/s1.